The van der Waals surface area contributed by atoms with Gasteiger partial charge >= 0.3 is 11.7 Å². The predicted octanol–water partition coefficient (Wildman–Crippen LogP) is -0.332. The molecule has 29 heavy (non-hydrogen) atoms. The monoisotopic (exact) mass is 403 g/mol. The van der Waals surface area contributed by atoms with Crippen LogP contribution in [0, 0.1) is 6.92 Å². The van der Waals surface area contributed by atoms with Crippen LogP contribution < -0.4 is 21.3 Å². The summed E-state index contributed by atoms with van der Waals surface area (Å²) in [5, 5.41) is 21.9. The zero-order chi connectivity index (χ0) is 21.1. The standard InChI is InChI=1S/C18H21N5O6/c1-10-4-3-5-12(6-10)29-9-11(24)8-23-14-15(20-17(23)19-7-13(25)26)22(2)18(28)21-16(14)27/h3-6,11,24H,7-9H2,1-2H3,(H,19,20)(H,25,26)(H,21,27,28)/t11-/m0/s1. The maximum atomic E-state index is 12.3. The van der Waals surface area contributed by atoms with E-state index in [9.17, 15) is 19.5 Å². The topological polar surface area (TPSA) is 151 Å². The van der Waals surface area contributed by atoms with Crippen LogP contribution in [-0.4, -0.2) is 54.5 Å². The van der Waals surface area contributed by atoms with Gasteiger partial charge in [0.1, 0.15) is 25.0 Å². The highest BCUT2D eigenvalue weighted by Gasteiger charge is 2.20. The molecule has 3 rings (SSSR count). The van der Waals surface area contributed by atoms with Crippen LogP contribution in [0.25, 0.3) is 11.2 Å². The van der Waals surface area contributed by atoms with Crippen LogP contribution in [0.2, 0.25) is 0 Å². The minimum Gasteiger partial charge on any atom is -0.491 e. The molecule has 0 saturated heterocycles. The minimum absolute atomic E-state index is 0.0367. The molecule has 1 aromatic carbocycles. The fourth-order valence-corrected chi connectivity index (χ4v) is 2.86. The van der Waals surface area contributed by atoms with Gasteiger partial charge in [0.15, 0.2) is 11.2 Å². The normalized spacial score (nSPS) is 12.1. The molecule has 0 saturated carbocycles. The van der Waals surface area contributed by atoms with E-state index in [2.05, 4.69) is 15.3 Å². The number of hydrogen-bond acceptors (Lipinski definition) is 7. The Bertz CT molecular complexity index is 1160. The van der Waals surface area contributed by atoms with E-state index in [1.165, 1.54) is 11.6 Å². The van der Waals surface area contributed by atoms with Crippen molar-refractivity contribution >= 4 is 23.1 Å². The maximum Gasteiger partial charge on any atom is 0.329 e. The molecule has 11 heteroatoms. The highest BCUT2D eigenvalue weighted by atomic mass is 16.5. The van der Waals surface area contributed by atoms with Gasteiger partial charge in [0, 0.05) is 7.05 Å². The molecule has 2 aromatic heterocycles. The first-order valence-corrected chi connectivity index (χ1v) is 8.79. The number of aromatic amines is 1. The Morgan fingerprint density at radius 3 is 2.83 bits per heavy atom. The van der Waals surface area contributed by atoms with Gasteiger partial charge in [0.2, 0.25) is 5.95 Å². The summed E-state index contributed by atoms with van der Waals surface area (Å²) >= 11 is 0. The summed E-state index contributed by atoms with van der Waals surface area (Å²) in [5.41, 5.74) is -0.232. The minimum atomic E-state index is -1.13. The smallest absolute Gasteiger partial charge is 0.329 e. The summed E-state index contributed by atoms with van der Waals surface area (Å²) in [6.45, 7) is 1.29. The number of carboxylic acid groups (broad SMARTS) is 1. The molecular formula is C18H21N5O6. The molecule has 0 aliphatic heterocycles. The molecule has 0 aliphatic carbocycles. The summed E-state index contributed by atoms with van der Waals surface area (Å²) < 4.78 is 8.05. The van der Waals surface area contributed by atoms with Crippen LogP contribution in [0.5, 0.6) is 5.75 Å². The molecular weight excluding hydrogens is 382 g/mol. The van der Waals surface area contributed by atoms with E-state index in [-0.39, 0.29) is 30.3 Å². The number of carboxylic acids is 1. The van der Waals surface area contributed by atoms with Gasteiger partial charge in [-0.2, -0.15) is 4.98 Å². The number of fused-ring (bicyclic) bond motifs is 1. The first kappa shape index (κ1) is 20.1. The first-order chi connectivity index (χ1) is 13.8. The number of aliphatic hydroxyl groups is 1. The molecule has 0 radical (unpaired) electrons. The van der Waals surface area contributed by atoms with Crippen LogP contribution in [-0.2, 0) is 18.4 Å². The van der Waals surface area contributed by atoms with E-state index in [4.69, 9.17) is 9.84 Å². The van der Waals surface area contributed by atoms with Crippen molar-refractivity contribution in [1.29, 1.82) is 0 Å². The average molecular weight is 403 g/mol. The summed E-state index contributed by atoms with van der Waals surface area (Å²) in [6, 6.07) is 7.32. The van der Waals surface area contributed by atoms with E-state index < -0.39 is 29.9 Å². The van der Waals surface area contributed by atoms with Gasteiger partial charge in [-0.3, -0.25) is 19.1 Å². The van der Waals surface area contributed by atoms with E-state index in [1.54, 1.807) is 6.07 Å². The van der Waals surface area contributed by atoms with E-state index in [1.807, 2.05) is 25.1 Å². The number of aryl methyl sites for hydroxylation is 2. The van der Waals surface area contributed by atoms with Crippen molar-refractivity contribution < 1.29 is 19.7 Å². The lowest BCUT2D eigenvalue weighted by Gasteiger charge is -2.15. The number of hydrogen-bond donors (Lipinski definition) is 4. The van der Waals surface area contributed by atoms with Gasteiger partial charge in [0.25, 0.3) is 5.56 Å². The summed E-state index contributed by atoms with van der Waals surface area (Å²) in [7, 11) is 1.43. The molecule has 11 nitrogen and oxygen atoms in total. The number of H-pyrrole nitrogens is 1. The Morgan fingerprint density at radius 2 is 2.14 bits per heavy atom. The molecule has 0 aliphatic rings. The Morgan fingerprint density at radius 1 is 1.38 bits per heavy atom. The number of anilines is 1. The second-order valence-electron chi connectivity index (χ2n) is 6.57. The number of carbonyl (C=O) groups is 1. The molecule has 0 fully saturated rings. The van der Waals surface area contributed by atoms with Crippen LogP contribution in [0.3, 0.4) is 0 Å². The van der Waals surface area contributed by atoms with E-state index >= 15 is 0 Å². The number of rotatable bonds is 8. The molecule has 3 aromatic rings. The van der Waals surface area contributed by atoms with Crippen molar-refractivity contribution in [1.82, 2.24) is 19.1 Å². The third kappa shape index (κ3) is 4.46. The predicted molar refractivity (Wildman–Crippen MR) is 104 cm³/mol. The van der Waals surface area contributed by atoms with Crippen molar-refractivity contribution in [3.05, 3.63) is 50.7 Å². The lowest BCUT2D eigenvalue weighted by molar-refractivity contribution is -0.134. The zero-order valence-electron chi connectivity index (χ0n) is 15.9. The lowest BCUT2D eigenvalue weighted by Crippen LogP contribution is -2.31. The molecule has 0 unspecified atom stereocenters. The van der Waals surface area contributed by atoms with E-state index in [0.717, 1.165) is 10.1 Å². The number of nitrogens with zero attached hydrogens (tertiary/aromatic N) is 3. The number of aliphatic carboxylic acids is 1. The number of nitrogens with one attached hydrogen (secondary N) is 2. The van der Waals surface area contributed by atoms with Crippen molar-refractivity contribution in [2.45, 2.75) is 19.6 Å². The second kappa shape index (κ2) is 8.19. The third-order valence-electron chi connectivity index (χ3n) is 4.23. The van der Waals surface area contributed by atoms with Crippen LogP contribution in [0.1, 0.15) is 5.56 Å². The maximum absolute atomic E-state index is 12.3. The molecule has 2 heterocycles. The highest BCUT2D eigenvalue weighted by Crippen LogP contribution is 2.17. The van der Waals surface area contributed by atoms with E-state index in [0.29, 0.717) is 5.75 Å². The van der Waals surface area contributed by atoms with Gasteiger partial charge in [-0.1, -0.05) is 12.1 Å². The second-order valence-corrected chi connectivity index (χ2v) is 6.57. The van der Waals surface area contributed by atoms with Gasteiger partial charge in [-0.05, 0) is 24.6 Å². The lowest BCUT2D eigenvalue weighted by atomic mass is 10.2. The average Bonchev–Trinajstić information content (AvgIpc) is 3.02. The Hall–Kier alpha value is -3.60. The summed E-state index contributed by atoms with van der Waals surface area (Å²) in [6.07, 6.45) is -1.03. The Labute approximate surface area is 164 Å². The van der Waals surface area contributed by atoms with Crippen molar-refractivity contribution in [2.75, 3.05) is 18.5 Å². The van der Waals surface area contributed by atoms with Crippen LogP contribution in [0.15, 0.2) is 33.9 Å². The number of aromatic nitrogens is 4. The van der Waals surface area contributed by atoms with Crippen molar-refractivity contribution in [2.24, 2.45) is 7.05 Å². The summed E-state index contributed by atoms with van der Waals surface area (Å²) in [4.78, 5) is 41.4. The summed E-state index contributed by atoms with van der Waals surface area (Å²) in [5.74, 6) is -0.498. The SMILES string of the molecule is Cc1cccc(OC[C@@H](O)Cn2c(NCC(=O)O)nc3c2c(=O)[nH]c(=O)n3C)c1. The number of ether oxygens (including phenoxy) is 1. The molecule has 0 bridgehead atoms. The first-order valence-electron chi connectivity index (χ1n) is 8.79. The Balaban J connectivity index is 1.90. The number of benzene rings is 1. The molecule has 154 valence electrons. The van der Waals surface area contributed by atoms with Gasteiger partial charge in [0.05, 0.1) is 6.54 Å². The highest BCUT2D eigenvalue weighted by molar-refractivity contribution is 5.76. The van der Waals surface area contributed by atoms with Gasteiger partial charge in [-0.25, -0.2) is 4.79 Å². The third-order valence-corrected chi connectivity index (χ3v) is 4.23. The Kier molecular flexibility index (Phi) is 5.69. The van der Waals surface area contributed by atoms with Crippen LogP contribution >= 0.6 is 0 Å². The van der Waals surface area contributed by atoms with Gasteiger partial charge < -0.3 is 24.8 Å². The van der Waals surface area contributed by atoms with Crippen molar-refractivity contribution in [3.63, 3.8) is 0 Å². The van der Waals surface area contributed by atoms with Crippen LogP contribution in [0.4, 0.5) is 5.95 Å². The molecule has 1 atom stereocenters. The fraction of sp³-hybridized carbons (Fsp3) is 0.333. The fourth-order valence-electron chi connectivity index (χ4n) is 2.86. The van der Waals surface area contributed by atoms with Crippen molar-refractivity contribution in [3.8, 4) is 5.75 Å². The van der Waals surface area contributed by atoms with Gasteiger partial charge in [-0.15, -0.1) is 0 Å². The number of imidazole rings is 1. The number of aliphatic hydroxyl groups excluding tert-OH is 1. The largest absolute Gasteiger partial charge is 0.491 e. The zero-order valence-corrected chi connectivity index (χ0v) is 15.9. The molecule has 0 amide bonds. The molecule has 0 spiro atoms. The molecule has 4 N–H and O–H groups in total. The quantitative estimate of drug-likeness (QED) is 0.399.